The maximum atomic E-state index is 12.4. The maximum absolute atomic E-state index is 12.4. The van der Waals surface area contributed by atoms with Gasteiger partial charge in [-0.1, -0.05) is 47.1 Å². The summed E-state index contributed by atoms with van der Waals surface area (Å²) in [6.07, 6.45) is 0. The van der Waals surface area contributed by atoms with E-state index in [0.29, 0.717) is 36.1 Å². The number of aromatic nitrogens is 5. The first-order valence-electron chi connectivity index (χ1n) is 10.7. The Hall–Kier alpha value is -3.85. The predicted octanol–water partition coefficient (Wildman–Crippen LogP) is 2.95. The van der Waals surface area contributed by atoms with E-state index < -0.39 is 0 Å². The Bertz CT molecular complexity index is 1240. The molecule has 0 unspecified atom stereocenters. The average molecular weight is 446 g/mol. The molecule has 33 heavy (non-hydrogen) atoms. The summed E-state index contributed by atoms with van der Waals surface area (Å²) in [6.45, 7) is 5.74. The molecule has 0 aliphatic heterocycles. The normalized spacial score (nSPS) is 11.2. The summed E-state index contributed by atoms with van der Waals surface area (Å²) in [4.78, 5) is 23.4. The Labute approximate surface area is 192 Å². The maximum Gasteiger partial charge on any atom is 0.297 e. The lowest BCUT2D eigenvalue weighted by molar-refractivity contribution is 0.0951. The zero-order valence-corrected chi connectivity index (χ0v) is 19.2. The summed E-state index contributed by atoms with van der Waals surface area (Å²) < 4.78 is 7.16. The molecular formula is C24H27N7O2. The third kappa shape index (κ3) is 5.50. The molecule has 9 nitrogen and oxygen atoms in total. The molecule has 1 N–H and O–H groups in total. The van der Waals surface area contributed by atoms with Gasteiger partial charge < -0.3 is 14.7 Å². The van der Waals surface area contributed by atoms with Crippen LogP contribution in [0.5, 0.6) is 0 Å². The lowest BCUT2D eigenvalue weighted by atomic mass is 10.1. The molecule has 0 aliphatic carbocycles. The fourth-order valence-corrected chi connectivity index (χ4v) is 3.27. The highest BCUT2D eigenvalue weighted by Gasteiger charge is 2.17. The van der Waals surface area contributed by atoms with Gasteiger partial charge in [-0.2, -0.15) is 4.98 Å². The van der Waals surface area contributed by atoms with Crippen LogP contribution in [0, 0.1) is 13.8 Å². The van der Waals surface area contributed by atoms with Gasteiger partial charge >= 0.3 is 0 Å². The SMILES string of the molecule is Cc1ccc(-c2noc(-c3nc(C)n(Cc4cccc(C(=O)NCCN(C)C)c4)n3)n2)cc1. The van der Waals surface area contributed by atoms with Crippen molar-refractivity contribution < 1.29 is 9.32 Å². The van der Waals surface area contributed by atoms with E-state index in [1.807, 2.05) is 75.3 Å². The second-order valence-electron chi connectivity index (χ2n) is 8.19. The van der Waals surface area contributed by atoms with E-state index in [2.05, 4.69) is 25.5 Å². The number of hydrogen-bond donors (Lipinski definition) is 1. The molecule has 170 valence electrons. The molecule has 0 fully saturated rings. The molecule has 0 aliphatic rings. The summed E-state index contributed by atoms with van der Waals surface area (Å²) in [5.41, 5.74) is 3.59. The number of benzene rings is 2. The predicted molar refractivity (Wildman–Crippen MR) is 125 cm³/mol. The van der Waals surface area contributed by atoms with Gasteiger partial charge in [0.25, 0.3) is 11.8 Å². The van der Waals surface area contributed by atoms with E-state index in [1.165, 1.54) is 0 Å². The van der Waals surface area contributed by atoms with Gasteiger partial charge in [-0.3, -0.25) is 4.79 Å². The minimum Gasteiger partial charge on any atom is -0.351 e. The van der Waals surface area contributed by atoms with E-state index in [-0.39, 0.29) is 11.8 Å². The Morgan fingerprint density at radius 2 is 1.85 bits per heavy atom. The molecular weight excluding hydrogens is 418 g/mol. The standard InChI is InChI=1S/C24H27N7O2/c1-16-8-10-19(11-9-16)21-27-24(33-29-21)22-26-17(2)31(28-22)15-18-6-5-7-20(14-18)23(32)25-12-13-30(3)4/h5-11,14H,12-13,15H2,1-4H3,(H,25,32). The number of hydrogen-bond acceptors (Lipinski definition) is 7. The average Bonchev–Trinajstić information content (AvgIpc) is 3.41. The van der Waals surface area contributed by atoms with Crippen molar-refractivity contribution in [2.75, 3.05) is 27.2 Å². The van der Waals surface area contributed by atoms with E-state index in [9.17, 15) is 4.79 Å². The van der Waals surface area contributed by atoms with Crippen molar-refractivity contribution in [3.63, 3.8) is 0 Å². The number of likely N-dealkylation sites (N-methyl/N-ethyl adjacent to an activating group) is 1. The van der Waals surface area contributed by atoms with Crippen molar-refractivity contribution in [3.8, 4) is 23.1 Å². The van der Waals surface area contributed by atoms with Crippen LogP contribution in [-0.2, 0) is 6.54 Å². The molecule has 0 saturated carbocycles. The number of carbonyl (C=O) groups excluding carboxylic acids is 1. The molecule has 4 rings (SSSR count). The first kappa shape index (κ1) is 22.3. The van der Waals surface area contributed by atoms with E-state index in [4.69, 9.17) is 4.52 Å². The monoisotopic (exact) mass is 445 g/mol. The number of nitrogens with one attached hydrogen (secondary N) is 1. The van der Waals surface area contributed by atoms with Crippen LogP contribution < -0.4 is 5.32 Å². The number of aryl methyl sites for hydroxylation is 2. The summed E-state index contributed by atoms with van der Waals surface area (Å²) in [7, 11) is 3.94. The second-order valence-corrected chi connectivity index (χ2v) is 8.19. The van der Waals surface area contributed by atoms with Crippen molar-refractivity contribution in [1.29, 1.82) is 0 Å². The molecule has 4 aromatic rings. The van der Waals surface area contributed by atoms with Crippen LogP contribution in [0.2, 0.25) is 0 Å². The third-order valence-corrected chi connectivity index (χ3v) is 5.15. The lowest BCUT2D eigenvalue weighted by Gasteiger charge is -2.11. The molecule has 1 amide bonds. The van der Waals surface area contributed by atoms with Gasteiger partial charge in [-0.05, 0) is 45.6 Å². The summed E-state index contributed by atoms with van der Waals surface area (Å²) in [5.74, 6) is 1.74. The Balaban J connectivity index is 1.47. The molecule has 0 radical (unpaired) electrons. The molecule has 0 saturated heterocycles. The van der Waals surface area contributed by atoms with Crippen LogP contribution in [-0.4, -0.2) is 62.9 Å². The summed E-state index contributed by atoms with van der Waals surface area (Å²) in [5, 5.41) is 11.5. The molecule has 2 heterocycles. The van der Waals surface area contributed by atoms with Gasteiger partial charge in [-0.15, -0.1) is 5.10 Å². The van der Waals surface area contributed by atoms with Crippen molar-refractivity contribution in [2.45, 2.75) is 20.4 Å². The largest absolute Gasteiger partial charge is 0.351 e. The van der Waals surface area contributed by atoms with E-state index >= 15 is 0 Å². The Morgan fingerprint density at radius 3 is 2.61 bits per heavy atom. The summed E-state index contributed by atoms with van der Waals surface area (Å²) in [6, 6.07) is 15.4. The quantitative estimate of drug-likeness (QED) is 0.445. The zero-order valence-electron chi connectivity index (χ0n) is 19.2. The Kier molecular flexibility index (Phi) is 6.60. The molecule has 0 spiro atoms. The topological polar surface area (TPSA) is 102 Å². The van der Waals surface area contributed by atoms with Crippen molar-refractivity contribution >= 4 is 5.91 Å². The minimum atomic E-state index is -0.0933. The van der Waals surface area contributed by atoms with Gasteiger partial charge in [0.2, 0.25) is 11.6 Å². The number of nitrogens with zero attached hydrogens (tertiary/aromatic N) is 6. The van der Waals surface area contributed by atoms with Crippen LogP contribution >= 0.6 is 0 Å². The van der Waals surface area contributed by atoms with Crippen molar-refractivity contribution in [2.24, 2.45) is 0 Å². The van der Waals surface area contributed by atoms with Gasteiger partial charge in [0.05, 0.1) is 6.54 Å². The number of rotatable bonds is 8. The highest BCUT2D eigenvalue weighted by molar-refractivity contribution is 5.94. The van der Waals surface area contributed by atoms with Crippen molar-refractivity contribution in [3.05, 3.63) is 71.0 Å². The van der Waals surface area contributed by atoms with Crippen LogP contribution in [0.25, 0.3) is 23.1 Å². The number of carbonyl (C=O) groups is 1. The smallest absolute Gasteiger partial charge is 0.297 e. The molecule has 2 aromatic carbocycles. The fourth-order valence-electron chi connectivity index (χ4n) is 3.27. The second kappa shape index (κ2) is 9.74. The highest BCUT2D eigenvalue weighted by atomic mass is 16.5. The van der Waals surface area contributed by atoms with Gasteiger partial charge in [0.15, 0.2) is 0 Å². The third-order valence-electron chi connectivity index (χ3n) is 5.15. The first-order valence-corrected chi connectivity index (χ1v) is 10.7. The van der Waals surface area contributed by atoms with Crippen LogP contribution in [0.15, 0.2) is 53.1 Å². The molecule has 0 bridgehead atoms. The van der Waals surface area contributed by atoms with Crippen LogP contribution in [0.1, 0.15) is 27.3 Å². The first-order chi connectivity index (χ1) is 15.9. The lowest BCUT2D eigenvalue weighted by Crippen LogP contribution is -2.31. The van der Waals surface area contributed by atoms with Crippen LogP contribution in [0.4, 0.5) is 0 Å². The van der Waals surface area contributed by atoms with E-state index in [1.54, 1.807) is 10.7 Å². The van der Waals surface area contributed by atoms with Gasteiger partial charge in [0, 0.05) is 24.2 Å². The van der Waals surface area contributed by atoms with Crippen molar-refractivity contribution in [1.82, 2.24) is 35.1 Å². The minimum absolute atomic E-state index is 0.0933. The highest BCUT2D eigenvalue weighted by Crippen LogP contribution is 2.21. The van der Waals surface area contributed by atoms with E-state index in [0.717, 1.165) is 23.2 Å². The molecule has 9 heteroatoms. The Morgan fingerprint density at radius 1 is 1.06 bits per heavy atom. The number of amides is 1. The molecule has 2 aromatic heterocycles. The fraction of sp³-hybridized carbons (Fsp3) is 0.292. The zero-order chi connectivity index (χ0) is 23.4. The molecule has 0 atom stereocenters. The summed E-state index contributed by atoms with van der Waals surface area (Å²) >= 11 is 0. The van der Waals surface area contributed by atoms with Crippen LogP contribution in [0.3, 0.4) is 0 Å². The van der Waals surface area contributed by atoms with Gasteiger partial charge in [-0.25, -0.2) is 9.67 Å². The van der Waals surface area contributed by atoms with Gasteiger partial charge in [0.1, 0.15) is 5.82 Å².